The summed E-state index contributed by atoms with van der Waals surface area (Å²) in [6.45, 7) is 1.93. The van der Waals surface area contributed by atoms with Crippen molar-refractivity contribution >= 4 is 17.7 Å². The third kappa shape index (κ3) is 3.95. The molecular weight excluding hydrogens is 250 g/mol. The van der Waals surface area contributed by atoms with E-state index < -0.39 is 0 Å². The molecule has 1 amide bonds. The van der Waals surface area contributed by atoms with E-state index in [1.54, 1.807) is 30.6 Å². The lowest BCUT2D eigenvalue weighted by atomic mass is 10.1. The quantitative estimate of drug-likeness (QED) is 0.660. The van der Waals surface area contributed by atoms with Crippen LogP contribution in [0.5, 0.6) is 0 Å². The number of aromatic nitrogens is 1. The van der Waals surface area contributed by atoms with E-state index in [-0.39, 0.29) is 11.9 Å². The Bertz CT molecular complexity index is 591. The molecular formula is C16H17N3O. The molecule has 0 saturated carbocycles. The number of rotatable bonds is 4. The number of anilines is 1. The minimum Gasteiger partial charge on any atom is -0.399 e. The number of benzene rings is 1. The summed E-state index contributed by atoms with van der Waals surface area (Å²) in [5.41, 5.74) is 8.27. The van der Waals surface area contributed by atoms with E-state index in [1.165, 1.54) is 6.08 Å². The van der Waals surface area contributed by atoms with Gasteiger partial charge in [-0.25, -0.2) is 0 Å². The number of hydrogen-bond donors (Lipinski definition) is 2. The van der Waals surface area contributed by atoms with Crippen LogP contribution < -0.4 is 11.1 Å². The molecule has 4 nitrogen and oxygen atoms in total. The van der Waals surface area contributed by atoms with Crippen molar-refractivity contribution < 1.29 is 4.79 Å². The number of pyridine rings is 1. The second-order valence-corrected chi connectivity index (χ2v) is 4.51. The molecule has 1 atom stereocenters. The highest BCUT2D eigenvalue weighted by atomic mass is 16.1. The van der Waals surface area contributed by atoms with Crippen LogP contribution in [0.15, 0.2) is 54.9 Å². The van der Waals surface area contributed by atoms with Crippen molar-refractivity contribution in [2.45, 2.75) is 13.0 Å². The van der Waals surface area contributed by atoms with E-state index in [4.69, 9.17) is 5.73 Å². The topological polar surface area (TPSA) is 68.0 Å². The van der Waals surface area contributed by atoms with Crippen LogP contribution in [0.4, 0.5) is 5.69 Å². The number of carbonyl (C=O) groups is 1. The first kappa shape index (κ1) is 13.8. The van der Waals surface area contributed by atoms with Crippen LogP contribution in [-0.2, 0) is 4.79 Å². The van der Waals surface area contributed by atoms with Crippen molar-refractivity contribution in [3.63, 3.8) is 0 Å². The predicted octanol–water partition coefficient (Wildman–Crippen LogP) is 2.55. The van der Waals surface area contributed by atoms with E-state index in [2.05, 4.69) is 10.3 Å². The molecule has 0 aliphatic carbocycles. The second kappa shape index (κ2) is 6.52. The van der Waals surface area contributed by atoms with Crippen LogP contribution >= 0.6 is 0 Å². The largest absolute Gasteiger partial charge is 0.399 e. The molecule has 1 heterocycles. The fourth-order valence-electron chi connectivity index (χ4n) is 1.78. The second-order valence-electron chi connectivity index (χ2n) is 4.51. The zero-order valence-corrected chi connectivity index (χ0v) is 11.3. The molecule has 3 N–H and O–H groups in total. The first-order valence-corrected chi connectivity index (χ1v) is 6.39. The van der Waals surface area contributed by atoms with Crippen molar-refractivity contribution in [3.8, 4) is 0 Å². The summed E-state index contributed by atoms with van der Waals surface area (Å²) in [6, 6.07) is 11.1. The van der Waals surface area contributed by atoms with Gasteiger partial charge in [0.1, 0.15) is 0 Å². The molecule has 0 aliphatic heterocycles. The molecule has 0 fully saturated rings. The van der Waals surface area contributed by atoms with Gasteiger partial charge >= 0.3 is 0 Å². The van der Waals surface area contributed by atoms with Gasteiger partial charge in [0.05, 0.1) is 6.04 Å². The van der Waals surface area contributed by atoms with Crippen molar-refractivity contribution in [2.24, 2.45) is 0 Å². The van der Waals surface area contributed by atoms with Crippen LogP contribution in [0.2, 0.25) is 0 Å². The molecule has 1 aromatic heterocycles. The molecule has 0 spiro atoms. The van der Waals surface area contributed by atoms with Crippen LogP contribution in [0, 0.1) is 0 Å². The molecule has 0 radical (unpaired) electrons. The van der Waals surface area contributed by atoms with Gasteiger partial charge in [0.15, 0.2) is 0 Å². The van der Waals surface area contributed by atoms with E-state index >= 15 is 0 Å². The lowest BCUT2D eigenvalue weighted by Gasteiger charge is -2.12. The zero-order chi connectivity index (χ0) is 14.4. The lowest BCUT2D eigenvalue weighted by Crippen LogP contribution is -2.24. The molecule has 0 bridgehead atoms. The molecule has 20 heavy (non-hydrogen) atoms. The average Bonchev–Trinajstić information content (AvgIpc) is 2.47. The number of nitrogen functional groups attached to an aromatic ring is 1. The fourth-order valence-corrected chi connectivity index (χ4v) is 1.78. The van der Waals surface area contributed by atoms with Crippen LogP contribution in [0.3, 0.4) is 0 Å². The van der Waals surface area contributed by atoms with E-state index in [1.807, 2.05) is 31.2 Å². The Labute approximate surface area is 118 Å². The summed E-state index contributed by atoms with van der Waals surface area (Å²) in [7, 11) is 0. The van der Waals surface area contributed by atoms with Gasteiger partial charge in [0.2, 0.25) is 5.91 Å². The Balaban J connectivity index is 1.94. The fraction of sp³-hybridized carbons (Fsp3) is 0.125. The van der Waals surface area contributed by atoms with Gasteiger partial charge in [0, 0.05) is 24.2 Å². The molecule has 4 heteroatoms. The van der Waals surface area contributed by atoms with Gasteiger partial charge < -0.3 is 11.1 Å². The summed E-state index contributed by atoms with van der Waals surface area (Å²) in [5, 5.41) is 2.90. The number of nitrogens with two attached hydrogens (primary N) is 1. The maximum Gasteiger partial charge on any atom is 0.244 e. The number of nitrogens with zero attached hydrogens (tertiary/aromatic N) is 1. The third-order valence-electron chi connectivity index (χ3n) is 2.93. The van der Waals surface area contributed by atoms with Crippen LogP contribution in [-0.4, -0.2) is 10.9 Å². The molecule has 2 aromatic rings. The average molecular weight is 267 g/mol. The van der Waals surface area contributed by atoms with Gasteiger partial charge in [-0.2, -0.15) is 0 Å². The van der Waals surface area contributed by atoms with Gasteiger partial charge in [-0.05, 0) is 48.4 Å². The monoisotopic (exact) mass is 267 g/mol. The first-order valence-electron chi connectivity index (χ1n) is 6.39. The van der Waals surface area contributed by atoms with Gasteiger partial charge in [0.25, 0.3) is 0 Å². The van der Waals surface area contributed by atoms with Crippen molar-refractivity contribution in [1.82, 2.24) is 10.3 Å². The van der Waals surface area contributed by atoms with Crippen LogP contribution in [0.1, 0.15) is 24.1 Å². The highest BCUT2D eigenvalue weighted by Gasteiger charge is 2.06. The van der Waals surface area contributed by atoms with Gasteiger partial charge in [-0.15, -0.1) is 0 Å². The molecule has 0 saturated heterocycles. The summed E-state index contributed by atoms with van der Waals surface area (Å²) in [4.78, 5) is 15.8. The summed E-state index contributed by atoms with van der Waals surface area (Å²) in [5.74, 6) is -0.133. The minimum absolute atomic E-state index is 0.0541. The maximum absolute atomic E-state index is 11.8. The van der Waals surface area contributed by atoms with Crippen molar-refractivity contribution in [2.75, 3.05) is 5.73 Å². The predicted molar refractivity (Wildman–Crippen MR) is 80.7 cm³/mol. The highest BCUT2D eigenvalue weighted by molar-refractivity contribution is 5.92. The minimum atomic E-state index is -0.133. The standard InChI is InChI=1S/C16H17N3O/c1-12(14-8-10-18-11-9-14)19-16(20)7-4-13-2-5-15(17)6-3-13/h2-12H,17H2,1H3,(H,19,20)/b7-4+. The Morgan fingerprint density at radius 2 is 1.85 bits per heavy atom. The first-order chi connectivity index (χ1) is 9.65. The Morgan fingerprint density at radius 1 is 1.20 bits per heavy atom. The normalized spacial score (nSPS) is 12.2. The van der Waals surface area contributed by atoms with E-state index in [0.29, 0.717) is 5.69 Å². The molecule has 1 unspecified atom stereocenters. The highest BCUT2D eigenvalue weighted by Crippen LogP contribution is 2.10. The zero-order valence-electron chi connectivity index (χ0n) is 11.3. The third-order valence-corrected chi connectivity index (χ3v) is 2.93. The smallest absolute Gasteiger partial charge is 0.244 e. The SMILES string of the molecule is CC(NC(=O)/C=C/c1ccc(N)cc1)c1ccncc1. The summed E-state index contributed by atoms with van der Waals surface area (Å²) >= 11 is 0. The number of carbonyl (C=O) groups excluding carboxylic acids is 1. The molecule has 102 valence electrons. The number of nitrogens with one attached hydrogen (secondary N) is 1. The number of amides is 1. The van der Waals surface area contributed by atoms with Gasteiger partial charge in [-0.3, -0.25) is 9.78 Å². The van der Waals surface area contributed by atoms with Crippen LogP contribution in [0.25, 0.3) is 6.08 Å². The molecule has 2 rings (SSSR count). The lowest BCUT2D eigenvalue weighted by molar-refractivity contribution is -0.117. The Morgan fingerprint density at radius 3 is 2.50 bits per heavy atom. The van der Waals surface area contributed by atoms with Gasteiger partial charge in [-0.1, -0.05) is 12.1 Å². The Kier molecular flexibility index (Phi) is 4.50. The number of hydrogen-bond acceptors (Lipinski definition) is 3. The van der Waals surface area contributed by atoms with Crippen molar-refractivity contribution in [1.29, 1.82) is 0 Å². The summed E-state index contributed by atoms with van der Waals surface area (Å²) < 4.78 is 0. The van der Waals surface area contributed by atoms with E-state index in [0.717, 1.165) is 11.1 Å². The van der Waals surface area contributed by atoms with E-state index in [9.17, 15) is 4.79 Å². The summed E-state index contributed by atoms with van der Waals surface area (Å²) in [6.07, 6.45) is 6.70. The van der Waals surface area contributed by atoms with Crippen molar-refractivity contribution in [3.05, 3.63) is 66.0 Å². The maximum atomic E-state index is 11.8. The Hall–Kier alpha value is -2.62. The molecule has 0 aliphatic rings. The molecule has 1 aromatic carbocycles.